The van der Waals surface area contributed by atoms with Crippen molar-refractivity contribution in [2.75, 3.05) is 5.32 Å². The SMILES string of the molecule is Cc1ccc(C(=O)Nc2cccc(F)c2)cc1O. The molecule has 0 unspecified atom stereocenters. The first-order chi connectivity index (χ1) is 8.56. The maximum absolute atomic E-state index is 12.9. The molecule has 2 aromatic carbocycles. The lowest BCUT2D eigenvalue weighted by Gasteiger charge is -2.06. The monoisotopic (exact) mass is 245 g/mol. The Morgan fingerprint density at radius 1 is 1.22 bits per heavy atom. The van der Waals surface area contributed by atoms with Crippen molar-refractivity contribution in [3.05, 3.63) is 59.4 Å². The van der Waals surface area contributed by atoms with E-state index in [-0.39, 0.29) is 5.75 Å². The minimum atomic E-state index is -0.417. The van der Waals surface area contributed by atoms with Crippen molar-refractivity contribution in [3.63, 3.8) is 0 Å². The van der Waals surface area contributed by atoms with E-state index in [0.717, 1.165) is 0 Å². The number of carbonyl (C=O) groups is 1. The van der Waals surface area contributed by atoms with E-state index in [4.69, 9.17) is 0 Å². The Bertz CT molecular complexity index is 596. The molecule has 2 N–H and O–H groups in total. The number of halogens is 1. The molecule has 1 amide bonds. The third kappa shape index (κ3) is 2.66. The first-order valence-electron chi connectivity index (χ1n) is 5.43. The summed E-state index contributed by atoms with van der Waals surface area (Å²) in [7, 11) is 0. The van der Waals surface area contributed by atoms with Gasteiger partial charge >= 0.3 is 0 Å². The van der Waals surface area contributed by atoms with Crippen molar-refractivity contribution in [2.24, 2.45) is 0 Å². The van der Waals surface area contributed by atoms with Gasteiger partial charge in [0.05, 0.1) is 0 Å². The fourth-order valence-electron chi connectivity index (χ4n) is 1.52. The smallest absolute Gasteiger partial charge is 0.255 e. The van der Waals surface area contributed by atoms with E-state index in [1.165, 1.54) is 24.3 Å². The highest BCUT2D eigenvalue weighted by molar-refractivity contribution is 6.04. The number of anilines is 1. The molecule has 0 heterocycles. The summed E-state index contributed by atoms with van der Waals surface area (Å²) in [4.78, 5) is 11.8. The van der Waals surface area contributed by atoms with Gasteiger partial charge in [-0.15, -0.1) is 0 Å². The Hall–Kier alpha value is -2.36. The van der Waals surface area contributed by atoms with E-state index < -0.39 is 11.7 Å². The zero-order valence-electron chi connectivity index (χ0n) is 9.77. The highest BCUT2D eigenvalue weighted by Crippen LogP contribution is 2.18. The van der Waals surface area contributed by atoms with Crippen molar-refractivity contribution in [1.82, 2.24) is 0 Å². The Morgan fingerprint density at radius 2 is 2.00 bits per heavy atom. The fraction of sp³-hybridized carbons (Fsp3) is 0.0714. The molecule has 0 saturated carbocycles. The maximum atomic E-state index is 12.9. The molecule has 4 heteroatoms. The summed E-state index contributed by atoms with van der Waals surface area (Å²) in [6, 6.07) is 10.3. The zero-order valence-corrected chi connectivity index (χ0v) is 9.77. The van der Waals surface area contributed by atoms with Crippen LogP contribution in [0.25, 0.3) is 0 Å². The van der Waals surface area contributed by atoms with Crippen LogP contribution in [0.2, 0.25) is 0 Å². The van der Waals surface area contributed by atoms with Gasteiger partial charge in [-0.25, -0.2) is 4.39 Å². The van der Waals surface area contributed by atoms with Gasteiger partial charge in [0.1, 0.15) is 11.6 Å². The van der Waals surface area contributed by atoms with Crippen molar-refractivity contribution in [1.29, 1.82) is 0 Å². The number of nitrogens with one attached hydrogen (secondary N) is 1. The van der Waals surface area contributed by atoms with Gasteiger partial charge < -0.3 is 10.4 Å². The first kappa shape index (κ1) is 12.1. The van der Waals surface area contributed by atoms with E-state index >= 15 is 0 Å². The Labute approximate surface area is 104 Å². The van der Waals surface area contributed by atoms with E-state index in [1.54, 1.807) is 25.1 Å². The second kappa shape index (κ2) is 4.87. The summed E-state index contributed by atoms with van der Waals surface area (Å²) in [6.45, 7) is 1.74. The van der Waals surface area contributed by atoms with Gasteiger partial charge in [-0.1, -0.05) is 12.1 Å². The number of benzene rings is 2. The summed E-state index contributed by atoms with van der Waals surface area (Å²) in [5.41, 5.74) is 1.39. The predicted molar refractivity (Wildman–Crippen MR) is 67.2 cm³/mol. The lowest BCUT2D eigenvalue weighted by atomic mass is 10.1. The third-order valence-electron chi connectivity index (χ3n) is 2.55. The molecule has 18 heavy (non-hydrogen) atoms. The minimum absolute atomic E-state index is 0.0573. The van der Waals surface area contributed by atoms with E-state index in [2.05, 4.69) is 5.32 Å². The summed E-state index contributed by atoms with van der Waals surface area (Å²) < 4.78 is 12.9. The van der Waals surface area contributed by atoms with Crippen LogP contribution < -0.4 is 5.32 Å². The summed E-state index contributed by atoms with van der Waals surface area (Å²) in [5.74, 6) is -0.752. The molecular formula is C14H12FNO2. The molecule has 0 aliphatic heterocycles. The number of amides is 1. The van der Waals surface area contributed by atoms with Crippen molar-refractivity contribution < 1.29 is 14.3 Å². The second-order valence-corrected chi connectivity index (χ2v) is 3.97. The van der Waals surface area contributed by atoms with Crippen LogP contribution in [0.3, 0.4) is 0 Å². The van der Waals surface area contributed by atoms with Crippen LogP contribution in [-0.4, -0.2) is 11.0 Å². The van der Waals surface area contributed by atoms with Gasteiger partial charge in [-0.2, -0.15) is 0 Å². The van der Waals surface area contributed by atoms with E-state index in [9.17, 15) is 14.3 Å². The Balaban J connectivity index is 2.19. The molecule has 0 radical (unpaired) electrons. The van der Waals surface area contributed by atoms with Crippen LogP contribution in [0.4, 0.5) is 10.1 Å². The number of phenolic OH excluding ortho intramolecular Hbond substituents is 1. The number of hydrogen-bond donors (Lipinski definition) is 2. The van der Waals surface area contributed by atoms with Crippen LogP contribution in [-0.2, 0) is 0 Å². The van der Waals surface area contributed by atoms with Crippen LogP contribution in [0.5, 0.6) is 5.75 Å². The molecule has 0 aliphatic carbocycles. The Morgan fingerprint density at radius 3 is 2.67 bits per heavy atom. The average molecular weight is 245 g/mol. The van der Waals surface area contributed by atoms with Gasteiger partial charge in [-0.05, 0) is 42.8 Å². The molecule has 0 saturated heterocycles. The number of aryl methyl sites for hydroxylation is 1. The second-order valence-electron chi connectivity index (χ2n) is 3.97. The molecule has 0 atom stereocenters. The summed E-state index contributed by atoms with van der Waals surface area (Å²) in [6.07, 6.45) is 0. The molecule has 0 fully saturated rings. The number of carbonyl (C=O) groups excluding carboxylic acids is 1. The van der Waals surface area contributed by atoms with E-state index in [0.29, 0.717) is 16.8 Å². The molecule has 0 aliphatic rings. The van der Waals surface area contributed by atoms with Gasteiger partial charge in [0.2, 0.25) is 0 Å². The standard InChI is InChI=1S/C14H12FNO2/c1-9-5-6-10(7-13(9)17)14(18)16-12-4-2-3-11(15)8-12/h2-8,17H,1H3,(H,16,18). The molecular weight excluding hydrogens is 233 g/mol. The molecule has 0 spiro atoms. The average Bonchev–Trinajstić information content (AvgIpc) is 2.32. The summed E-state index contributed by atoms with van der Waals surface area (Å²) >= 11 is 0. The number of aromatic hydroxyl groups is 1. The van der Waals surface area contributed by atoms with Crippen molar-refractivity contribution >= 4 is 11.6 Å². The topological polar surface area (TPSA) is 49.3 Å². The largest absolute Gasteiger partial charge is 0.508 e. The first-order valence-corrected chi connectivity index (χ1v) is 5.43. The van der Waals surface area contributed by atoms with Crippen LogP contribution in [0.15, 0.2) is 42.5 Å². The lowest BCUT2D eigenvalue weighted by molar-refractivity contribution is 0.102. The minimum Gasteiger partial charge on any atom is -0.508 e. The molecule has 92 valence electrons. The van der Waals surface area contributed by atoms with Crippen LogP contribution in [0.1, 0.15) is 15.9 Å². The molecule has 2 aromatic rings. The van der Waals surface area contributed by atoms with Crippen molar-refractivity contribution in [3.8, 4) is 5.75 Å². The van der Waals surface area contributed by atoms with Gasteiger partial charge in [0.15, 0.2) is 0 Å². The van der Waals surface area contributed by atoms with Gasteiger partial charge in [0, 0.05) is 11.3 Å². The summed E-state index contributed by atoms with van der Waals surface area (Å²) in [5, 5.41) is 12.1. The van der Waals surface area contributed by atoms with Crippen LogP contribution in [0, 0.1) is 12.7 Å². The fourth-order valence-corrected chi connectivity index (χ4v) is 1.52. The lowest BCUT2D eigenvalue weighted by Crippen LogP contribution is -2.11. The zero-order chi connectivity index (χ0) is 13.1. The number of rotatable bonds is 2. The molecule has 0 bridgehead atoms. The predicted octanol–water partition coefficient (Wildman–Crippen LogP) is 3.09. The normalized spacial score (nSPS) is 10.1. The van der Waals surface area contributed by atoms with Crippen molar-refractivity contribution in [2.45, 2.75) is 6.92 Å². The molecule has 0 aromatic heterocycles. The van der Waals surface area contributed by atoms with Gasteiger partial charge in [0.25, 0.3) is 5.91 Å². The molecule has 3 nitrogen and oxygen atoms in total. The Kier molecular flexibility index (Phi) is 3.28. The third-order valence-corrected chi connectivity index (χ3v) is 2.55. The highest BCUT2D eigenvalue weighted by atomic mass is 19.1. The van der Waals surface area contributed by atoms with Gasteiger partial charge in [-0.3, -0.25) is 4.79 Å². The number of phenols is 1. The quantitative estimate of drug-likeness (QED) is 0.854. The number of hydrogen-bond acceptors (Lipinski definition) is 2. The maximum Gasteiger partial charge on any atom is 0.255 e. The van der Waals surface area contributed by atoms with E-state index in [1.807, 2.05) is 0 Å². The molecule has 2 rings (SSSR count). The van der Waals surface area contributed by atoms with Crippen LogP contribution >= 0.6 is 0 Å². The highest BCUT2D eigenvalue weighted by Gasteiger charge is 2.08.